The average Bonchev–Trinajstić information content (AvgIpc) is 2.29. The molecule has 4 heteroatoms. The minimum atomic E-state index is 0.693. The quantitative estimate of drug-likeness (QED) is 0.589. The molecule has 1 aromatic rings. The number of methoxy groups -OCH3 is 1. The maximum atomic E-state index is 5.69. The second-order valence-electron chi connectivity index (χ2n) is 3.31. The number of thioether (sulfide) groups is 1. The van der Waals surface area contributed by atoms with Gasteiger partial charge in [-0.2, -0.15) is 11.8 Å². The molecular formula is C12H19NO2S. The van der Waals surface area contributed by atoms with Crippen molar-refractivity contribution in [1.29, 1.82) is 0 Å². The third-order valence-corrected chi connectivity index (χ3v) is 3.07. The summed E-state index contributed by atoms with van der Waals surface area (Å²) in [7, 11) is 1.63. The fraction of sp³-hybridized carbons (Fsp3) is 0.500. The molecule has 0 atom stereocenters. The zero-order chi connectivity index (χ0) is 11.8. The molecule has 0 saturated carbocycles. The molecule has 1 rings (SSSR count). The second kappa shape index (κ2) is 7.28. The minimum Gasteiger partial charge on any atom is -0.493 e. The molecule has 0 fully saturated rings. The molecule has 0 unspecified atom stereocenters. The molecule has 1 aromatic carbocycles. The summed E-state index contributed by atoms with van der Waals surface area (Å²) in [5.41, 5.74) is 6.39. The lowest BCUT2D eigenvalue weighted by Crippen LogP contribution is -2.01. The standard InChI is InChI=1S/C12H19NO2S/c1-3-16-8-4-7-15-12-9-10(13)5-6-11(12)14-2/h5-6,9H,3-4,7-8,13H2,1-2H3. The number of anilines is 1. The Bertz CT molecular complexity index is 318. The topological polar surface area (TPSA) is 44.5 Å². The van der Waals surface area contributed by atoms with Crippen molar-refractivity contribution < 1.29 is 9.47 Å². The zero-order valence-electron chi connectivity index (χ0n) is 9.86. The third-order valence-electron chi connectivity index (χ3n) is 2.08. The van der Waals surface area contributed by atoms with Gasteiger partial charge in [0.05, 0.1) is 13.7 Å². The van der Waals surface area contributed by atoms with Crippen molar-refractivity contribution in [1.82, 2.24) is 0 Å². The second-order valence-corrected chi connectivity index (χ2v) is 4.70. The number of nitrogen functional groups attached to an aromatic ring is 1. The van der Waals surface area contributed by atoms with Crippen molar-refractivity contribution >= 4 is 17.4 Å². The van der Waals surface area contributed by atoms with E-state index in [2.05, 4.69) is 6.92 Å². The summed E-state index contributed by atoms with van der Waals surface area (Å²) < 4.78 is 10.8. The fourth-order valence-corrected chi connectivity index (χ4v) is 1.90. The Labute approximate surface area is 101 Å². The summed E-state index contributed by atoms with van der Waals surface area (Å²) in [4.78, 5) is 0. The Hall–Kier alpha value is -1.03. The summed E-state index contributed by atoms with van der Waals surface area (Å²) >= 11 is 1.92. The van der Waals surface area contributed by atoms with Gasteiger partial charge in [-0.3, -0.25) is 0 Å². The van der Waals surface area contributed by atoms with E-state index in [1.165, 1.54) is 0 Å². The summed E-state index contributed by atoms with van der Waals surface area (Å²) in [5.74, 6) is 3.74. The maximum absolute atomic E-state index is 5.69. The van der Waals surface area contributed by atoms with Crippen LogP contribution in [0.3, 0.4) is 0 Å². The van der Waals surface area contributed by atoms with Crippen molar-refractivity contribution in [2.45, 2.75) is 13.3 Å². The van der Waals surface area contributed by atoms with Gasteiger partial charge < -0.3 is 15.2 Å². The largest absolute Gasteiger partial charge is 0.493 e. The van der Waals surface area contributed by atoms with E-state index in [9.17, 15) is 0 Å². The molecule has 0 radical (unpaired) electrons. The zero-order valence-corrected chi connectivity index (χ0v) is 10.7. The predicted octanol–water partition coefficient (Wildman–Crippen LogP) is 2.80. The summed E-state index contributed by atoms with van der Waals surface area (Å²) in [6, 6.07) is 5.43. The van der Waals surface area contributed by atoms with Gasteiger partial charge in [-0.1, -0.05) is 6.92 Å². The van der Waals surface area contributed by atoms with E-state index in [0.717, 1.165) is 29.4 Å². The van der Waals surface area contributed by atoms with Crippen LogP contribution < -0.4 is 15.2 Å². The van der Waals surface area contributed by atoms with Crippen LogP contribution in [0.4, 0.5) is 5.69 Å². The van der Waals surface area contributed by atoms with E-state index in [0.29, 0.717) is 12.3 Å². The number of ether oxygens (including phenoxy) is 2. The molecule has 0 aromatic heterocycles. The monoisotopic (exact) mass is 241 g/mol. The van der Waals surface area contributed by atoms with Crippen LogP contribution >= 0.6 is 11.8 Å². The molecule has 0 bridgehead atoms. The maximum Gasteiger partial charge on any atom is 0.163 e. The van der Waals surface area contributed by atoms with Gasteiger partial charge in [0.1, 0.15) is 0 Å². The fourth-order valence-electron chi connectivity index (χ4n) is 1.29. The molecular weight excluding hydrogens is 222 g/mol. The molecule has 0 heterocycles. The highest BCUT2D eigenvalue weighted by Gasteiger charge is 2.03. The first-order valence-corrected chi connectivity index (χ1v) is 6.57. The highest BCUT2D eigenvalue weighted by atomic mass is 32.2. The Morgan fingerprint density at radius 1 is 1.31 bits per heavy atom. The van der Waals surface area contributed by atoms with E-state index >= 15 is 0 Å². The molecule has 2 N–H and O–H groups in total. The molecule has 16 heavy (non-hydrogen) atoms. The lowest BCUT2D eigenvalue weighted by molar-refractivity contribution is 0.295. The Morgan fingerprint density at radius 2 is 2.12 bits per heavy atom. The van der Waals surface area contributed by atoms with Gasteiger partial charge in [0.25, 0.3) is 0 Å². The van der Waals surface area contributed by atoms with Crippen molar-refractivity contribution in [3.63, 3.8) is 0 Å². The van der Waals surface area contributed by atoms with Gasteiger partial charge in [0.15, 0.2) is 11.5 Å². The normalized spacial score (nSPS) is 10.1. The number of rotatable bonds is 7. The third kappa shape index (κ3) is 4.23. The summed E-state index contributed by atoms with van der Waals surface area (Å²) in [5, 5.41) is 0. The number of hydrogen-bond donors (Lipinski definition) is 1. The van der Waals surface area contributed by atoms with Gasteiger partial charge in [0.2, 0.25) is 0 Å². The van der Waals surface area contributed by atoms with Crippen LogP contribution in [0.25, 0.3) is 0 Å². The van der Waals surface area contributed by atoms with Crippen LogP contribution in [0, 0.1) is 0 Å². The molecule has 0 aliphatic heterocycles. The first-order valence-electron chi connectivity index (χ1n) is 5.42. The minimum absolute atomic E-state index is 0.693. The van der Waals surface area contributed by atoms with Crippen LogP contribution in [0.2, 0.25) is 0 Å². The average molecular weight is 241 g/mol. The van der Waals surface area contributed by atoms with Crippen molar-refractivity contribution in [3.05, 3.63) is 18.2 Å². The lowest BCUT2D eigenvalue weighted by Gasteiger charge is -2.10. The van der Waals surface area contributed by atoms with Gasteiger partial charge in [0, 0.05) is 11.8 Å². The van der Waals surface area contributed by atoms with E-state index in [-0.39, 0.29) is 0 Å². The molecule has 0 spiro atoms. The van der Waals surface area contributed by atoms with Gasteiger partial charge in [-0.15, -0.1) is 0 Å². The highest BCUT2D eigenvalue weighted by molar-refractivity contribution is 7.99. The van der Waals surface area contributed by atoms with E-state index in [4.69, 9.17) is 15.2 Å². The van der Waals surface area contributed by atoms with Gasteiger partial charge >= 0.3 is 0 Å². The van der Waals surface area contributed by atoms with Crippen molar-refractivity contribution in [2.24, 2.45) is 0 Å². The molecule has 0 saturated heterocycles. The van der Waals surface area contributed by atoms with Crippen LogP contribution in [0.5, 0.6) is 11.5 Å². The summed E-state index contributed by atoms with van der Waals surface area (Å²) in [6.07, 6.45) is 1.04. The lowest BCUT2D eigenvalue weighted by atomic mass is 10.3. The Morgan fingerprint density at radius 3 is 2.81 bits per heavy atom. The van der Waals surface area contributed by atoms with Crippen LogP contribution in [0.15, 0.2) is 18.2 Å². The molecule has 3 nitrogen and oxygen atoms in total. The number of benzene rings is 1. The summed E-state index contributed by atoms with van der Waals surface area (Å²) in [6.45, 7) is 2.86. The number of nitrogens with two attached hydrogens (primary N) is 1. The molecule has 0 aliphatic rings. The van der Waals surface area contributed by atoms with Crippen molar-refractivity contribution in [2.75, 3.05) is 31.0 Å². The van der Waals surface area contributed by atoms with Crippen LogP contribution in [0.1, 0.15) is 13.3 Å². The van der Waals surface area contributed by atoms with Crippen LogP contribution in [-0.2, 0) is 0 Å². The van der Waals surface area contributed by atoms with E-state index in [1.807, 2.05) is 17.8 Å². The molecule has 0 amide bonds. The Kier molecular flexibility index (Phi) is 5.93. The highest BCUT2D eigenvalue weighted by Crippen LogP contribution is 2.29. The Balaban J connectivity index is 2.42. The van der Waals surface area contributed by atoms with Crippen molar-refractivity contribution in [3.8, 4) is 11.5 Å². The van der Waals surface area contributed by atoms with E-state index < -0.39 is 0 Å². The van der Waals surface area contributed by atoms with Gasteiger partial charge in [-0.25, -0.2) is 0 Å². The first-order chi connectivity index (χ1) is 7.77. The predicted molar refractivity (Wildman–Crippen MR) is 70.5 cm³/mol. The van der Waals surface area contributed by atoms with Crippen LogP contribution in [-0.4, -0.2) is 25.2 Å². The smallest absolute Gasteiger partial charge is 0.163 e. The number of hydrogen-bond acceptors (Lipinski definition) is 4. The first kappa shape index (κ1) is 13.0. The molecule has 0 aliphatic carbocycles. The van der Waals surface area contributed by atoms with Gasteiger partial charge in [-0.05, 0) is 30.1 Å². The molecule has 90 valence electrons. The van der Waals surface area contributed by atoms with E-state index in [1.54, 1.807) is 19.2 Å². The SMILES string of the molecule is CCSCCCOc1cc(N)ccc1OC.